The summed E-state index contributed by atoms with van der Waals surface area (Å²) in [6.45, 7) is 4.50. The van der Waals surface area contributed by atoms with E-state index in [9.17, 15) is 0 Å². The number of nitrogens with zero attached hydrogens (tertiary/aromatic N) is 2. The maximum Gasteiger partial charge on any atom is 0.159 e. The van der Waals surface area contributed by atoms with Crippen molar-refractivity contribution in [1.82, 2.24) is 9.97 Å². The first-order valence-corrected chi connectivity index (χ1v) is 11.8. The molecule has 3 rings (SSSR count). The van der Waals surface area contributed by atoms with Crippen molar-refractivity contribution >= 4 is 0 Å². The van der Waals surface area contributed by atoms with Crippen LogP contribution in [0.5, 0.6) is 0 Å². The molecule has 2 nitrogen and oxygen atoms in total. The molecule has 0 N–H and O–H groups in total. The lowest BCUT2D eigenvalue weighted by Gasteiger charge is -2.07. The first kappa shape index (κ1) is 22.2. The number of rotatable bonds is 12. The average molecular weight is 401 g/mol. The normalized spacial score (nSPS) is 11.0. The van der Waals surface area contributed by atoms with Crippen LogP contribution in [0.15, 0.2) is 60.9 Å². The molecule has 0 radical (unpaired) electrons. The van der Waals surface area contributed by atoms with Gasteiger partial charge in [0.25, 0.3) is 0 Å². The second-order valence-corrected chi connectivity index (χ2v) is 8.31. The Kier molecular flexibility index (Phi) is 9.08. The van der Waals surface area contributed by atoms with Crippen LogP contribution in [0.2, 0.25) is 0 Å². The molecule has 0 saturated carbocycles. The lowest BCUT2D eigenvalue weighted by Crippen LogP contribution is -1.93. The molecule has 0 spiro atoms. The molecule has 0 saturated heterocycles. The number of benzene rings is 2. The van der Waals surface area contributed by atoms with Gasteiger partial charge in [0.2, 0.25) is 0 Å². The molecule has 3 aromatic rings. The minimum Gasteiger partial charge on any atom is -0.236 e. The van der Waals surface area contributed by atoms with Gasteiger partial charge in [0, 0.05) is 18.0 Å². The molecule has 158 valence electrons. The standard InChI is InChI=1S/C28H36N2/c1-3-5-7-9-11-23-13-15-25(16-14-23)26-17-19-27(20-18-26)28-29-21-24(22-30-28)12-10-8-6-4-2/h13-22H,3-12H2,1-2H3. The zero-order valence-corrected chi connectivity index (χ0v) is 18.7. The molecule has 1 heterocycles. The van der Waals surface area contributed by atoms with E-state index in [1.807, 2.05) is 12.4 Å². The number of aromatic nitrogens is 2. The van der Waals surface area contributed by atoms with Crippen molar-refractivity contribution in [2.24, 2.45) is 0 Å². The van der Waals surface area contributed by atoms with E-state index in [0.717, 1.165) is 17.8 Å². The van der Waals surface area contributed by atoms with Crippen molar-refractivity contribution in [3.63, 3.8) is 0 Å². The SMILES string of the molecule is CCCCCCc1ccc(-c2ccc(-c3ncc(CCCCCC)cn3)cc2)cc1. The van der Waals surface area contributed by atoms with Crippen molar-refractivity contribution in [3.05, 3.63) is 72.1 Å². The minimum absolute atomic E-state index is 0.807. The van der Waals surface area contributed by atoms with E-state index in [1.54, 1.807) is 0 Å². The Bertz CT molecular complexity index is 774. The summed E-state index contributed by atoms with van der Waals surface area (Å²) in [4.78, 5) is 9.18. The van der Waals surface area contributed by atoms with Gasteiger partial charge in [0.15, 0.2) is 5.82 Å². The molecule has 0 aliphatic rings. The monoisotopic (exact) mass is 400 g/mol. The Hall–Kier alpha value is -2.48. The van der Waals surface area contributed by atoms with E-state index >= 15 is 0 Å². The number of aryl methyl sites for hydroxylation is 2. The summed E-state index contributed by atoms with van der Waals surface area (Å²) in [7, 11) is 0. The number of unbranched alkanes of at least 4 members (excludes halogenated alkanes) is 6. The zero-order chi connectivity index (χ0) is 21.0. The summed E-state index contributed by atoms with van der Waals surface area (Å²) in [6.07, 6.45) is 16.6. The lowest BCUT2D eigenvalue weighted by atomic mass is 10.00. The van der Waals surface area contributed by atoms with Crippen LogP contribution in [-0.2, 0) is 12.8 Å². The van der Waals surface area contributed by atoms with Gasteiger partial charge >= 0.3 is 0 Å². The molecular formula is C28H36N2. The van der Waals surface area contributed by atoms with Gasteiger partial charge in [-0.25, -0.2) is 9.97 Å². The van der Waals surface area contributed by atoms with Crippen LogP contribution in [0.3, 0.4) is 0 Å². The third kappa shape index (κ3) is 6.79. The molecule has 0 bridgehead atoms. The van der Waals surface area contributed by atoms with Gasteiger partial charge in [-0.05, 0) is 47.9 Å². The molecule has 0 aliphatic heterocycles. The molecule has 0 amide bonds. The highest BCUT2D eigenvalue weighted by Gasteiger charge is 2.04. The second kappa shape index (κ2) is 12.3. The highest BCUT2D eigenvalue weighted by Crippen LogP contribution is 2.24. The molecule has 0 unspecified atom stereocenters. The number of hydrogen-bond acceptors (Lipinski definition) is 2. The van der Waals surface area contributed by atoms with Crippen LogP contribution in [0.4, 0.5) is 0 Å². The Morgan fingerprint density at radius 3 is 1.50 bits per heavy atom. The molecule has 0 aliphatic carbocycles. The molecule has 0 fully saturated rings. The van der Waals surface area contributed by atoms with E-state index in [-0.39, 0.29) is 0 Å². The van der Waals surface area contributed by atoms with Crippen LogP contribution >= 0.6 is 0 Å². The van der Waals surface area contributed by atoms with Gasteiger partial charge in [0.05, 0.1) is 0 Å². The van der Waals surface area contributed by atoms with Crippen molar-refractivity contribution in [1.29, 1.82) is 0 Å². The number of hydrogen-bond donors (Lipinski definition) is 0. The third-order valence-electron chi connectivity index (χ3n) is 5.77. The Morgan fingerprint density at radius 2 is 0.967 bits per heavy atom. The molecule has 2 heteroatoms. The van der Waals surface area contributed by atoms with Crippen LogP contribution in [0, 0.1) is 0 Å². The molecule has 0 atom stereocenters. The summed E-state index contributed by atoms with van der Waals surface area (Å²) in [5.74, 6) is 0.807. The maximum absolute atomic E-state index is 4.59. The van der Waals surface area contributed by atoms with Gasteiger partial charge in [-0.15, -0.1) is 0 Å². The summed E-state index contributed by atoms with van der Waals surface area (Å²) in [5, 5.41) is 0. The highest BCUT2D eigenvalue weighted by atomic mass is 14.9. The van der Waals surface area contributed by atoms with Crippen LogP contribution in [0.25, 0.3) is 22.5 Å². The summed E-state index contributed by atoms with van der Waals surface area (Å²) in [5.41, 5.74) is 6.26. The predicted molar refractivity (Wildman–Crippen MR) is 129 cm³/mol. The van der Waals surface area contributed by atoms with E-state index in [1.165, 1.54) is 80.0 Å². The third-order valence-corrected chi connectivity index (χ3v) is 5.77. The van der Waals surface area contributed by atoms with E-state index < -0.39 is 0 Å². The van der Waals surface area contributed by atoms with Gasteiger partial charge in [-0.2, -0.15) is 0 Å². The zero-order valence-electron chi connectivity index (χ0n) is 18.7. The smallest absolute Gasteiger partial charge is 0.159 e. The van der Waals surface area contributed by atoms with Crippen LogP contribution in [0.1, 0.15) is 76.3 Å². The fourth-order valence-corrected chi connectivity index (χ4v) is 3.82. The highest BCUT2D eigenvalue weighted by molar-refractivity contribution is 5.67. The quantitative estimate of drug-likeness (QED) is 0.287. The van der Waals surface area contributed by atoms with Crippen molar-refractivity contribution in [2.45, 2.75) is 78.1 Å². The first-order chi connectivity index (χ1) is 14.8. The Labute approximate surface area is 182 Å². The van der Waals surface area contributed by atoms with Gasteiger partial charge in [-0.3, -0.25) is 0 Å². The van der Waals surface area contributed by atoms with E-state index in [0.29, 0.717) is 0 Å². The van der Waals surface area contributed by atoms with Crippen LogP contribution < -0.4 is 0 Å². The largest absolute Gasteiger partial charge is 0.236 e. The van der Waals surface area contributed by atoms with E-state index in [2.05, 4.69) is 72.3 Å². The fraction of sp³-hybridized carbons (Fsp3) is 0.429. The van der Waals surface area contributed by atoms with E-state index in [4.69, 9.17) is 0 Å². The lowest BCUT2D eigenvalue weighted by molar-refractivity contribution is 0.665. The maximum atomic E-state index is 4.59. The Balaban J connectivity index is 1.56. The molecule has 2 aromatic carbocycles. The molecular weight excluding hydrogens is 364 g/mol. The first-order valence-electron chi connectivity index (χ1n) is 11.8. The molecule has 1 aromatic heterocycles. The van der Waals surface area contributed by atoms with Crippen molar-refractivity contribution in [2.75, 3.05) is 0 Å². The van der Waals surface area contributed by atoms with Crippen LogP contribution in [-0.4, -0.2) is 9.97 Å². The van der Waals surface area contributed by atoms with Gasteiger partial charge in [0.1, 0.15) is 0 Å². The van der Waals surface area contributed by atoms with Gasteiger partial charge in [-0.1, -0.05) is 101 Å². The fourth-order valence-electron chi connectivity index (χ4n) is 3.82. The molecule has 30 heavy (non-hydrogen) atoms. The summed E-state index contributed by atoms with van der Waals surface area (Å²) in [6, 6.07) is 17.6. The minimum atomic E-state index is 0.807. The van der Waals surface area contributed by atoms with Crippen molar-refractivity contribution in [3.8, 4) is 22.5 Å². The van der Waals surface area contributed by atoms with Gasteiger partial charge < -0.3 is 0 Å². The topological polar surface area (TPSA) is 25.8 Å². The predicted octanol–water partition coefficient (Wildman–Crippen LogP) is 8.06. The summed E-state index contributed by atoms with van der Waals surface area (Å²) < 4.78 is 0. The summed E-state index contributed by atoms with van der Waals surface area (Å²) >= 11 is 0. The average Bonchev–Trinajstić information content (AvgIpc) is 2.81. The van der Waals surface area contributed by atoms with Crippen molar-refractivity contribution < 1.29 is 0 Å². The second-order valence-electron chi connectivity index (χ2n) is 8.31. The Morgan fingerprint density at radius 1 is 0.500 bits per heavy atom.